The maximum absolute atomic E-state index is 14.1. The highest BCUT2D eigenvalue weighted by Crippen LogP contribution is 2.32. The standard InChI is InChI=1S/C36H29F5N4O5S/c1-19-8-6-9-20(2)28(19)26-17-27(49-23-14-15-25(42-18-23)21-10-4-3-5-11-21)44-36(43-26)45-51(47,48)24-13-7-12-22(16-24)35(46)50-34-32(40)30(38)29(37)31(39)33(34)41/h3-13,16-17,23,25,42H,14-15,18H2,1-2H3,(H,43,44,45). The largest absolute Gasteiger partial charge is 0.473 e. The van der Waals surface area contributed by atoms with Gasteiger partial charge in [-0.15, -0.1) is 0 Å². The molecule has 2 atom stereocenters. The van der Waals surface area contributed by atoms with E-state index in [9.17, 15) is 35.2 Å². The zero-order chi connectivity index (χ0) is 36.4. The molecule has 15 heteroatoms. The number of hydrogen-bond donors (Lipinski definition) is 2. The Bertz CT molecular complexity index is 2180. The summed E-state index contributed by atoms with van der Waals surface area (Å²) in [6, 6.07) is 21.4. The number of carbonyl (C=O) groups excluding carboxylic acids is 1. The Kier molecular flexibility index (Phi) is 10.0. The van der Waals surface area contributed by atoms with Crippen LogP contribution in [0.4, 0.5) is 27.9 Å². The number of ether oxygens (including phenoxy) is 2. The third kappa shape index (κ3) is 7.54. The Labute approximate surface area is 289 Å². The smallest absolute Gasteiger partial charge is 0.343 e. The lowest BCUT2D eigenvalue weighted by Gasteiger charge is -2.30. The summed E-state index contributed by atoms with van der Waals surface area (Å²) >= 11 is 0. The van der Waals surface area contributed by atoms with Gasteiger partial charge in [0.15, 0.2) is 0 Å². The van der Waals surface area contributed by atoms with Crippen molar-refractivity contribution in [2.24, 2.45) is 0 Å². The van der Waals surface area contributed by atoms with Crippen LogP contribution in [-0.2, 0) is 10.0 Å². The molecule has 5 aromatic rings. The summed E-state index contributed by atoms with van der Waals surface area (Å²) in [6.07, 6.45) is 1.17. The summed E-state index contributed by atoms with van der Waals surface area (Å²) in [5, 5.41) is 3.48. The molecule has 0 bridgehead atoms. The first kappa shape index (κ1) is 35.4. The third-order valence-corrected chi connectivity index (χ3v) is 9.59. The number of aryl methyl sites for hydroxylation is 2. The summed E-state index contributed by atoms with van der Waals surface area (Å²) in [6.45, 7) is 4.25. The highest BCUT2D eigenvalue weighted by molar-refractivity contribution is 7.92. The van der Waals surface area contributed by atoms with Crippen molar-refractivity contribution < 1.29 is 44.6 Å². The SMILES string of the molecule is Cc1cccc(C)c1-c1cc(OC2CCC(c3ccccc3)NC2)nc(NS(=O)(=O)c2cccc(C(=O)Oc3c(F)c(F)c(F)c(F)c3F)c2)n1. The number of carbonyl (C=O) groups is 1. The number of nitrogens with one attached hydrogen (secondary N) is 2. The van der Waals surface area contributed by atoms with Crippen molar-refractivity contribution in [1.82, 2.24) is 15.3 Å². The number of sulfonamides is 1. The predicted octanol–water partition coefficient (Wildman–Crippen LogP) is 7.35. The van der Waals surface area contributed by atoms with Gasteiger partial charge in [0.2, 0.25) is 46.7 Å². The minimum atomic E-state index is -4.55. The summed E-state index contributed by atoms with van der Waals surface area (Å²) in [4.78, 5) is 21.0. The van der Waals surface area contributed by atoms with Gasteiger partial charge in [-0.2, -0.15) is 13.8 Å². The van der Waals surface area contributed by atoms with Crippen molar-refractivity contribution in [3.63, 3.8) is 0 Å². The number of hydrogen-bond acceptors (Lipinski definition) is 8. The van der Waals surface area contributed by atoms with Gasteiger partial charge in [-0.25, -0.2) is 36.1 Å². The van der Waals surface area contributed by atoms with Crippen LogP contribution in [0.3, 0.4) is 0 Å². The highest BCUT2D eigenvalue weighted by Gasteiger charge is 2.30. The van der Waals surface area contributed by atoms with E-state index >= 15 is 0 Å². The second-order valence-electron chi connectivity index (χ2n) is 11.8. The number of aromatic nitrogens is 2. The number of esters is 1. The molecular formula is C36H29F5N4O5S. The Hall–Kier alpha value is -5.41. The van der Waals surface area contributed by atoms with Crippen LogP contribution in [0, 0.1) is 42.9 Å². The van der Waals surface area contributed by atoms with E-state index in [-0.39, 0.29) is 24.0 Å². The van der Waals surface area contributed by atoms with Crippen LogP contribution in [0.1, 0.15) is 45.9 Å². The molecule has 0 saturated carbocycles. The van der Waals surface area contributed by atoms with Gasteiger partial charge in [-0.1, -0.05) is 54.6 Å². The first-order valence-corrected chi connectivity index (χ1v) is 17.1. The lowest BCUT2D eigenvalue weighted by Crippen LogP contribution is -2.39. The number of rotatable bonds is 9. The zero-order valence-electron chi connectivity index (χ0n) is 27.0. The fourth-order valence-electron chi connectivity index (χ4n) is 5.74. The maximum Gasteiger partial charge on any atom is 0.343 e. The van der Waals surface area contributed by atoms with Crippen molar-refractivity contribution >= 4 is 21.9 Å². The van der Waals surface area contributed by atoms with Crippen LogP contribution in [0.15, 0.2) is 83.8 Å². The van der Waals surface area contributed by atoms with E-state index in [0.717, 1.165) is 52.9 Å². The van der Waals surface area contributed by atoms with Gasteiger partial charge in [0.05, 0.1) is 16.2 Å². The first-order chi connectivity index (χ1) is 24.3. The lowest BCUT2D eigenvalue weighted by molar-refractivity contribution is 0.0715. The molecule has 51 heavy (non-hydrogen) atoms. The van der Waals surface area contributed by atoms with Crippen molar-refractivity contribution in [2.45, 2.75) is 43.7 Å². The molecule has 6 rings (SSSR count). The third-order valence-electron chi connectivity index (χ3n) is 8.27. The minimum Gasteiger partial charge on any atom is -0.473 e. The Morgan fingerprint density at radius 1 is 0.804 bits per heavy atom. The quantitative estimate of drug-likeness (QED) is 0.0533. The molecular weight excluding hydrogens is 695 g/mol. The van der Waals surface area contributed by atoms with Crippen LogP contribution in [-0.4, -0.2) is 37.0 Å². The molecule has 2 heterocycles. The van der Waals surface area contributed by atoms with Gasteiger partial charge in [0, 0.05) is 24.2 Å². The van der Waals surface area contributed by atoms with E-state index in [0.29, 0.717) is 18.7 Å². The summed E-state index contributed by atoms with van der Waals surface area (Å²) in [7, 11) is -4.55. The molecule has 2 N–H and O–H groups in total. The Morgan fingerprint density at radius 2 is 1.45 bits per heavy atom. The van der Waals surface area contributed by atoms with Crippen LogP contribution < -0.4 is 19.5 Å². The van der Waals surface area contributed by atoms with Gasteiger partial charge in [-0.3, -0.25) is 0 Å². The van der Waals surface area contributed by atoms with E-state index in [1.807, 2.05) is 62.4 Å². The molecule has 9 nitrogen and oxygen atoms in total. The summed E-state index contributed by atoms with van der Waals surface area (Å²) < 4.78 is 109. The number of benzene rings is 4. The predicted molar refractivity (Wildman–Crippen MR) is 176 cm³/mol. The van der Waals surface area contributed by atoms with Gasteiger partial charge >= 0.3 is 5.97 Å². The number of anilines is 1. The number of halogens is 5. The highest BCUT2D eigenvalue weighted by atomic mass is 32.2. The Morgan fingerprint density at radius 3 is 2.10 bits per heavy atom. The van der Waals surface area contributed by atoms with Crippen molar-refractivity contribution in [1.29, 1.82) is 0 Å². The van der Waals surface area contributed by atoms with E-state index in [2.05, 4.69) is 24.7 Å². The number of nitrogens with zero attached hydrogens (tertiary/aromatic N) is 2. The Balaban J connectivity index is 1.27. The van der Waals surface area contributed by atoms with Crippen LogP contribution >= 0.6 is 0 Å². The molecule has 0 amide bonds. The summed E-state index contributed by atoms with van der Waals surface area (Å²) in [5.74, 6) is -15.5. The average Bonchev–Trinajstić information content (AvgIpc) is 3.12. The maximum atomic E-state index is 14.1. The van der Waals surface area contributed by atoms with Gasteiger partial charge in [0.1, 0.15) is 6.10 Å². The lowest BCUT2D eigenvalue weighted by atomic mass is 9.96. The molecule has 2 unspecified atom stereocenters. The fraction of sp³-hybridized carbons (Fsp3) is 0.194. The molecule has 264 valence electrons. The molecule has 1 aromatic heterocycles. The van der Waals surface area contributed by atoms with Crippen LogP contribution in [0.2, 0.25) is 0 Å². The monoisotopic (exact) mass is 724 g/mol. The molecule has 1 saturated heterocycles. The van der Waals surface area contributed by atoms with Crippen molar-refractivity contribution in [2.75, 3.05) is 11.3 Å². The second kappa shape index (κ2) is 14.4. The van der Waals surface area contributed by atoms with Crippen molar-refractivity contribution in [3.05, 3.63) is 130 Å². The van der Waals surface area contributed by atoms with E-state index in [1.165, 1.54) is 0 Å². The van der Waals surface area contributed by atoms with Gasteiger partial charge in [0.25, 0.3) is 10.0 Å². The molecule has 0 radical (unpaired) electrons. The number of piperidine rings is 1. The zero-order valence-corrected chi connectivity index (χ0v) is 27.8. The van der Waals surface area contributed by atoms with Gasteiger partial charge < -0.3 is 14.8 Å². The fourth-order valence-corrected chi connectivity index (χ4v) is 6.73. The van der Waals surface area contributed by atoms with Crippen molar-refractivity contribution in [3.8, 4) is 22.9 Å². The van der Waals surface area contributed by atoms with Crippen LogP contribution in [0.25, 0.3) is 11.3 Å². The molecule has 1 fully saturated rings. The van der Waals surface area contributed by atoms with E-state index in [4.69, 9.17) is 4.74 Å². The molecule has 0 aliphatic carbocycles. The molecule has 0 spiro atoms. The molecule has 1 aliphatic rings. The minimum absolute atomic E-state index is 0.102. The average molecular weight is 725 g/mol. The second-order valence-corrected chi connectivity index (χ2v) is 13.5. The molecule has 1 aliphatic heterocycles. The molecule has 4 aromatic carbocycles. The first-order valence-electron chi connectivity index (χ1n) is 15.6. The normalized spacial score (nSPS) is 16.1. The topological polar surface area (TPSA) is 120 Å². The summed E-state index contributed by atoms with van der Waals surface area (Å²) in [5.41, 5.74) is 3.40. The van der Waals surface area contributed by atoms with E-state index in [1.54, 1.807) is 6.07 Å². The van der Waals surface area contributed by atoms with Crippen LogP contribution in [0.5, 0.6) is 11.6 Å². The van der Waals surface area contributed by atoms with Gasteiger partial charge in [-0.05, 0) is 61.6 Å². The van der Waals surface area contributed by atoms with E-state index < -0.39 is 61.3 Å².